The molecule has 2 rings (SSSR count). The zero-order valence-corrected chi connectivity index (χ0v) is 11.8. The quantitative estimate of drug-likeness (QED) is 0.842. The molecular formula is C16H16F2N2O. The molecule has 0 aliphatic carbocycles. The average Bonchev–Trinajstić information content (AvgIpc) is 2.43. The fourth-order valence-electron chi connectivity index (χ4n) is 1.93. The number of nitrogens with two attached hydrogens (primary N) is 1. The maximum absolute atomic E-state index is 13.2. The lowest BCUT2D eigenvalue weighted by molar-refractivity contribution is 0.102. The van der Waals surface area contributed by atoms with Crippen LogP contribution in [0.1, 0.15) is 35.7 Å². The number of anilines is 2. The summed E-state index contributed by atoms with van der Waals surface area (Å²) in [5, 5.41) is 2.63. The summed E-state index contributed by atoms with van der Waals surface area (Å²) in [5.74, 6) is -2.45. The van der Waals surface area contributed by atoms with Crippen LogP contribution in [0.25, 0.3) is 0 Å². The summed E-state index contributed by atoms with van der Waals surface area (Å²) in [4.78, 5) is 12.1. The molecule has 0 bridgehead atoms. The summed E-state index contributed by atoms with van der Waals surface area (Å²) in [6.07, 6.45) is 0. The highest BCUT2D eigenvalue weighted by Gasteiger charge is 2.14. The van der Waals surface area contributed by atoms with Crippen molar-refractivity contribution in [3.8, 4) is 0 Å². The molecule has 2 aromatic carbocycles. The Balaban J connectivity index is 2.26. The van der Waals surface area contributed by atoms with Gasteiger partial charge in [0.05, 0.1) is 5.56 Å². The zero-order valence-electron chi connectivity index (χ0n) is 11.8. The van der Waals surface area contributed by atoms with E-state index in [0.29, 0.717) is 11.6 Å². The number of carbonyl (C=O) groups is 1. The minimum Gasteiger partial charge on any atom is -0.398 e. The molecule has 5 heteroatoms. The maximum atomic E-state index is 13.2. The van der Waals surface area contributed by atoms with Gasteiger partial charge in [-0.15, -0.1) is 0 Å². The van der Waals surface area contributed by atoms with Crippen LogP contribution in [0.15, 0.2) is 36.4 Å². The van der Waals surface area contributed by atoms with Crippen molar-refractivity contribution in [1.29, 1.82) is 0 Å². The molecule has 0 spiro atoms. The standard InChI is InChI=1S/C16H16F2N2O/c1-9(2)10-4-3-5-11(6-10)20-16(21)12-7-13(17)14(18)8-15(12)19/h3-9H,19H2,1-2H3,(H,20,21). The highest BCUT2D eigenvalue weighted by atomic mass is 19.2. The van der Waals surface area contributed by atoms with E-state index in [0.717, 1.165) is 17.7 Å². The third kappa shape index (κ3) is 3.37. The van der Waals surface area contributed by atoms with Gasteiger partial charge in [0.15, 0.2) is 11.6 Å². The molecule has 0 aliphatic heterocycles. The molecule has 0 saturated carbocycles. The van der Waals surface area contributed by atoms with Gasteiger partial charge in [-0.2, -0.15) is 0 Å². The van der Waals surface area contributed by atoms with E-state index in [1.54, 1.807) is 6.07 Å². The molecule has 2 aromatic rings. The predicted octanol–water partition coefficient (Wildman–Crippen LogP) is 3.92. The number of hydrogen-bond acceptors (Lipinski definition) is 2. The second-order valence-electron chi connectivity index (χ2n) is 5.09. The predicted molar refractivity (Wildman–Crippen MR) is 79.3 cm³/mol. The number of nitrogens with one attached hydrogen (secondary N) is 1. The van der Waals surface area contributed by atoms with E-state index < -0.39 is 17.5 Å². The van der Waals surface area contributed by atoms with Crippen molar-refractivity contribution in [2.24, 2.45) is 0 Å². The first kappa shape index (κ1) is 15.0. The Morgan fingerprint density at radius 2 is 1.81 bits per heavy atom. The lowest BCUT2D eigenvalue weighted by Crippen LogP contribution is -2.15. The average molecular weight is 290 g/mol. The number of halogens is 2. The van der Waals surface area contributed by atoms with Crippen molar-refractivity contribution in [3.05, 3.63) is 59.2 Å². The Labute approximate surface area is 121 Å². The van der Waals surface area contributed by atoms with E-state index in [2.05, 4.69) is 5.32 Å². The Kier molecular flexibility index (Phi) is 4.21. The lowest BCUT2D eigenvalue weighted by Gasteiger charge is -2.11. The van der Waals surface area contributed by atoms with Crippen molar-refractivity contribution in [2.75, 3.05) is 11.1 Å². The van der Waals surface area contributed by atoms with Gasteiger partial charge in [0.2, 0.25) is 0 Å². The van der Waals surface area contributed by atoms with Gasteiger partial charge in [-0.25, -0.2) is 8.78 Å². The molecule has 0 aliphatic rings. The highest BCUT2D eigenvalue weighted by molar-refractivity contribution is 6.07. The summed E-state index contributed by atoms with van der Waals surface area (Å²) >= 11 is 0. The van der Waals surface area contributed by atoms with Crippen LogP contribution < -0.4 is 11.1 Å². The van der Waals surface area contributed by atoms with E-state index >= 15 is 0 Å². The zero-order chi connectivity index (χ0) is 15.6. The molecule has 21 heavy (non-hydrogen) atoms. The van der Waals surface area contributed by atoms with E-state index in [-0.39, 0.29) is 11.3 Å². The van der Waals surface area contributed by atoms with Crippen LogP contribution in [0.4, 0.5) is 20.2 Å². The lowest BCUT2D eigenvalue weighted by atomic mass is 10.0. The van der Waals surface area contributed by atoms with Crippen molar-refractivity contribution in [3.63, 3.8) is 0 Å². The molecule has 0 fully saturated rings. The molecule has 110 valence electrons. The molecule has 0 atom stereocenters. The van der Waals surface area contributed by atoms with Gasteiger partial charge in [-0.3, -0.25) is 4.79 Å². The molecule has 0 unspecified atom stereocenters. The van der Waals surface area contributed by atoms with Crippen molar-refractivity contribution in [1.82, 2.24) is 0 Å². The van der Waals surface area contributed by atoms with Crippen LogP contribution in [0.2, 0.25) is 0 Å². The monoisotopic (exact) mass is 290 g/mol. The molecule has 0 aromatic heterocycles. The first-order valence-electron chi connectivity index (χ1n) is 6.54. The van der Waals surface area contributed by atoms with E-state index in [1.807, 2.05) is 32.0 Å². The molecular weight excluding hydrogens is 274 g/mol. The summed E-state index contributed by atoms with van der Waals surface area (Å²) in [6.45, 7) is 4.07. The van der Waals surface area contributed by atoms with Crippen LogP contribution in [-0.4, -0.2) is 5.91 Å². The minimum atomic E-state index is -1.11. The summed E-state index contributed by atoms with van der Waals surface area (Å²) in [7, 11) is 0. The largest absolute Gasteiger partial charge is 0.398 e. The first-order valence-corrected chi connectivity index (χ1v) is 6.54. The van der Waals surface area contributed by atoms with E-state index in [4.69, 9.17) is 5.73 Å². The molecule has 3 N–H and O–H groups in total. The van der Waals surface area contributed by atoms with Crippen LogP contribution in [-0.2, 0) is 0 Å². The third-order valence-electron chi connectivity index (χ3n) is 3.15. The molecule has 0 radical (unpaired) electrons. The van der Waals surface area contributed by atoms with Gasteiger partial charge < -0.3 is 11.1 Å². The van der Waals surface area contributed by atoms with Crippen molar-refractivity contribution in [2.45, 2.75) is 19.8 Å². The molecule has 0 saturated heterocycles. The number of nitrogen functional groups attached to an aromatic ring is 1. The number of carbonyl (C=O) groups excluding carboxylic acids is 1. The first-order chi connectivity index (χ1) is 9.88. The topological polar surface area (TPSA) is 55.1 Å². The Morgan fingerprint density at radius 3 is 2.48 bits per heavy atom. The van der Waals surface area contributed by atoms with E-state index in [1.165, 1.54) is 0 Å². The van der Waals surface area contributed by atoms with Crippen molar-refractivity contribution >= 4 is 17.3 Å². The highest BCUT2D eigenvalue weighted by Crippen LogP contribution is 2.21. The normalized spacial score (nSPS) is 10.7. The maximum Gasteiger partial charge on any atom is 0.257 e. The van der Waals surface area contributed by atoms with Gasteiger partial charge in [-0.1, -0.05) is 26.0 Å². The van der Waals surface area contributed by atoms with Gasteiger partial charge in [0, 0.05) is 17.4 Å². The Bertz CT molecular complexity index is 684. The van der Waals surface area contributed by atoms with Crippen LogP contribution in [0.5, 0.6) is 0 Å². The second kappa shape index (κ2) is 5.91. The fraction of sp³-hybridized carbons (Fsp3) is 0.188. The Morgan fingerprint density at radius 1 is 1.14 bits per heavy atom. The smallest absolute Gasteiger partial charge is 0.257 e. The molecule has 0 heterocycles. The minimum absolute atomic E-state index is 0.0937. The third-order valence-corrected chi connectivity index (χ3v) is 3.15. The van der Waals surface area contributed by atoms with Gasteiger partial charge in [0.1, 0.15) is 0 Å². The van der Waals surface area contributed by atoms with E-state index in [9.17, 15) is 13.6 Å². The van der Waals surface area contributed by atoms with Crippen LogP contribution in [0, 0.1) is 11.6 Å². The second-order valence-corrected chi connectivity index (χ2v) is 5.09. The number of amides is 1. The molecule has 3 nitrogen and oxygen atoms in total. The van der Waals surface area contributed by atoms with Crippen LogP contribution >= 0.6 is 0 Å². The number of benzene rings is 2. The van der Waals surface area contributed by atoms with Crippen molar-refractivity contribution < 1.29 is 13.6 Å². The summed E-state index contributed by atoms with van der Waals surface area (Å²) < 4.78 is 26.2. The number of hydrogen-bond donors (Lipinski definition) is 2. The number of rotatable bonds is 3. The van der Waals surface area contributed by atoms with Gasteiger partial charge in [0.25, 0.3) is 5.91 Å². The molecule has 1 amide bonds. The Hall–Kier alpha value is -2.43. The fourth-order valence-corrected chi connectivity index (χ4v) is 1.93. The summed E-state index contributed by atoms with van der Waals surface area (Å²) in [5.41, 5.74) is 7.00. The SMILES string of the molecule is CC(C)c1cccc(NC(=O)c2cc(F)c(F)cc2N)c1. The van der Waals surface area contributed by atoms with Crippen LogP contribution in [0.3, 0.4) is 0 Å². The van der Waals surface area contributed by atoms with Gasteiger partial charge in [-0.05, 0) is 29.7 Å². The summed E-state index contributed by atoms with van der Waals surface area (Å²) in [6, 6.07) is 8.92. The van der Waals surface area contributed by atoms with Gasteiger partial charge >= 0.3 is 0 Å².